The number of hydroxylamine groups is 1. The number of hydrogen-bond donors (Lipinski definition) is 5. The van der Waals surface area contributed by atoms with E-state index in [-0.39, 0.29) is 43.6 Å². The summed E-state index contributed by atoms with van der Waals surface area (Å²) in [5.41, 5.74) is 5.70. The Morgan fingerprint density at radius 3 is 2.18 bits per heavy atom. The smallest absolute Gasteiger partial charge is 0.243 e. The Hall–Kier alpha value is -3.64. The molecule has 1 aliphatic heterocycles. The van der Waals surface area contributed by atoms with Crippen LogP contribution in [0.25, 0.3) is 0 Å². The number of rotatable bonds is 14. The number of nitrogens with zero attached hydrogens (tertiary/aromatic N) is 1. The van der Waals surface area contributed by atoms with Gasteiger partial charge in [0.25, 0.3) is 0 Å². The lowest BCUT2D eigenvalue weighted by molar-refractivity contribution is -0.253. The lowest BCUT2D eigenvalue weighted by atomic mass is 9.98. The molecule has 44 heavy (non-hydrogen) atoms. The molecule has 5 atom stereocenters. The summed E-state index contributed by atoms with van der Waals surface area (Å²) in [5, 5.41) is 31.9. The van der Waals surface area contributed by atoms with Crippen molar-refractivity contribution in [3.05, 3.63) is 101 Å². The second kappa shape index (κ2) is 16.4. The van der Waals surface area contributed by atoms with Crippen LogP contribution in [0.4, 0.5) is 5.69 Å². The molecule has 0 bridgehead atoms. The van der Waals surface area contributed by atoms with Crippen molar-refractivity contribution in [2.75, 3.05) is 18.9 Å². The standard InChI is InChI=1S/C34H43N3O7/c1-23(33(41)26-8-4-3-5-9-26)37(2)21-29-20-30(25-14-12-24(22-38)13-15-25)44-34(43-29)27-16-18-28(19-17-27)35-31(39)10-6-7-11-32(40)36-42/h3-5,8-9,12-19,23,29-30,33-34,38,41-42H,6-7,10-11,20-22H2,1-2H3,(H,35,39)(H,36,40)/t23-,29+,30-,33-,34-/m1/s1. The van der Waals surface area contributed by atoms with Gasteiger partial charge in [0.1, 0.15) is 0 Å². The minimum absolute atomic E-state index is 0.0314. The highest BCUT2D eigenvalue weighted by molar-refractivity contribution is 5.90. The summed E-state index contributed by atoms with van der Waals surface area (Å²) in [5.74, 6) is -0.626. The molecule has 0 saturated carbocycles. The molecule has 0 aliphatic carbocycles. The van der Waals surface area contributed by atoms with E-state index in [0.717, 1.165) is 22.3 Å². The number of nitrogens with one attached hydrogen (secondary N) is 2. The maximum absolute atomic E-state index is 12.3. The van der Waals surface area contributed by atoms with Gasteiger partial charge in [-0.25, -0.2) is 5.48 Å². The summed E-state index contributed by atoms with van der Waals surface area (Å²) in [7, 11) is 1.98. The van der Waals surface area contributed by atoms with Gasteiger partial charge in [0.15, 0.2) is 6.29 Å². The largest absolute Gasteiger partial charge is 0.392 e. The molecule has 3 aromatic rings. The van der Waals surface area contributed by atoms with Gasteiger partial charge in [0.05, 0.1) is 24.9 Å². The third kappa shape index (κ3) is 9.43. The zero-order valence-electron chi connectivity index (χ0n) is 25.3. The van der Waals surface area contributed by atoms with Crippen LogP contribution in [0.3, 0.4) is 0 Å². The highest BCUT2D eigenvalue weighted by Crippen LogP contribution is 2.38. The molecule has 1 aliphatic rings. The van der Waals surface area contributed by atoms with E-state index in [2.05, 4.69) is 10.2 Å². The van der Waals surface area contributed by atoms with E-state index in [0.29, 0.717) is 31.5 Å². The maximum Gasteiger partial charge on any atom is 0.243 e. The molecular weight excluding hydrogens is 562 g/mol. The van der Waals surface area contributed by atoms with Gasteiger partial charge in [-0.2, -0.15) is 0 Å². The summed E-state index contributed by atoms with van der Waals surface area (Å²) in [6, 6.07) is 24.5. The average molecular weight is 606 g/mol. The van der Waals surface area contributed by atoms with Crippen molar-refractivity contribution in [3.8, 4) is 0 Å². The molecule has 0 aromatic heterocycles. The van der Waals surface area contributed by atoms with E-state index in [9.17, 15) is 19.8 Å². The van der Waals surface area contributed by atoms with Crippen LogP contribution in [0.5, 0.6) is 0 Å². The van der Waals surface area contributed by atoms with Crippen LogP contribution < -0.4 is 10.8 Å². The molecule has 0 spiro atoms. The van der Waals surface area contributed by atoms with E-state index in [1.165, 1.54) is 0 Å². The van der Waals surface area contributed by atoms with Crippen LogP contribution in [0.15, 0.2) is 78.9 Å². The summed E-state index contributed by atoms with van der Waals surface area (Å²) in [4.78, 5) is 25.6. The van der Waals surface area contributed by atoms with Gasteiger partial charge >= 0.3 is 0 Å². The van der Waals surface area contributed by atoms with Crippen LogP contribution in [0.1, 0.15) is 79.8 Å². The van der Waals surface area contributed by atoms with Crippen molar-refractivity contribution in [1.29, 1.82) is 0 Å². The van der Waals surface area contributed by atoms with E-state index in [1.54, 1.807) is 17.6 Å². The van der Waals surface area contributed by atoms with Gasteiger partial charge in [-0.05, 0) is 55.6 Å². The number of amides is 2. The summed E-state index contributed by atoms with van der Waals surface area (Å²) in [6.45, 7) is 2.54. The van der Waals surface area contributed by atoms with Crippen molar-refractivity contribution in [1.82, 2.24) is 10.4 Å². The first-order valence-corrected chi connectivity index (χ1v) is 15.0. The Morgan fingerprint density at radius 2 is 1.55 bits per heavy atom. The lowest BCUT2D eigenvalue weighted by Crippen LogP contribution is -2.43. The quantitative estimate of drug-likeness (QED) is 0.100. The van der Waals surface area contributed by atoms with Crippen molar-refractivity contribution in [2.24, 2.45) is 0 Å². The molecule has 0 radical (unpaired) electrons. The Morgan fingerprint density at radius 1 is 0.909 bits per heavy atom. The molecule has 10 heteroatoms. The fraction of sp³-hybridized carbons (Fsp3) is 0.412. The first-order chi connectivity index (χ1) is 21.3. The third-order valence-electron chi connectivity index (χ3n) is 8.05. The predicted octanol–water partition coefficient (Wildman–Crippen LogP) is 4.78. The number of likely N-dealkylation sites (N-methyl/N-ethyl adjacent to an activating group) is 1. The molecule has 0 unspecified atom stereocenters. The molecule has 10 nitrogen and oxygen atoms in total. The second-order valence-electron chi connectivity index (χ2n) is 11.3. The van der Waals surface area contributed by atoms with Gasteiger partial charge in [0.2, 0.25) is 11.8 Å². The minimum atomic E-state index is -0.651. The normalized spacial score (nSPS) is 19.7. The van der Waals surface area contributed by atoms with E-state index >= 15 is 0 Å². The van der Waals surface area contributed by atoms with Crippen molar-refractivity contribution in [3.63, 3.8) is 0 Å². The molecule has 3 aromatic carbocycles. The number of unbranched alkanes of at least 4 members (excludes halogenated alkanes) is 1. The molecule has 1 fully saturated rings. The molecule has 5 N–H and O–H groups in total. The topological polar surface area (TPSA) is 141 Å². The van der Waals surface area contributed by atoms with E-state index in [4.69, 9.17) is 14.7 Å². The zero-order chi connectivity index (χ0) is 31.5. The van der Waals surface area contributed by atoms with Crippen LogP contribution in [-0.2, 0) is 25.7 Å². The van der Waals surface area contributed by atoms with Crippen LogP contribution in [0, 0.1) is 0 Å². The average Bonchev–Trinajstić information content (AvgIpc) is 3.06. The molecule has 1 saturated heterocycles. The van der Waals surface area contributed by atoms with E-state index in [1.807, 2.05) is 80.7 Å². The third-order valence-corrected chi connectivity index (χ3v) is 8.05. The Labute approximate surface area is 258 Å². The number of ether oxygens (including phenoxy) is 2. The van der Waals surface area contributed by atoms with Gasteiger partial charge in [-0.1, -0.05) is 66.7 Å². The summed E-state index contributed by atoms with van der Waals surface area (Å²) in [6.07, 6.45) is 0.317. The Kier molecular flexibility index (Phi) is 12.4. The monoisotopic (exact) mass is 605 g/mol. The Balaban J connectivity index is 1.42. The first kappa shape index (κ1) is 33.3. The molecule has 2 amide bonds. The maximum atomic E-state index is 12.3. The van der Waals surface area contributed by atoms with Gasteiger partial charge < -0.3 is 25.0 Å². The van der Waals surface area contributed by atoms with Crippen LogP contribution >= 0.6 is 0 Å². The molecule has 4 rings (SSSR count). The number of hydrogen-bond acceptors (Lipinski definition) is 8. The molecular formula is C34H43N3O7. The highest BCUT2D eigenvalue weighted by atomic mass is 16.7. The number of carbonyl (C=O) groups is 2. The number of aliphatic hydroxyl groups is 2. The van der Waals surface area contributed by atoms with Gasteiger partial charge in [-0.3, -0.25) is 19.7 Å². The van der Waals surface area contributed by atoms with Crippen molar-refractivity contribution < 1.29 is 34.5 Å². The fourth-order valence-corrected chi connectivity index (χ4v) is 5.26. The lowest BCUT2D eigenvalue weighted by Gasteiger charge is -2.39. The van der Waals surface area contributed by atoms with E-state index < -0.39 is 18.3 Å². The Bertz CT molecular complexity index is 1320. The SMILES string of the molecule is C[C@H]([C@@H](O)c1ccccc1)N(C)C[C@@H]1C[C@H](c2ccc(CO)cc2)O[C@H](c2ccc(NC(=O)CCCCC(=O)NO)cc2)O1. The van der Waals surface area contributed by atoms with Crippen LogP contribution in [0.2, 0.25) is 0 Å². The molecule has 236 valence electrons. The van der Waals surface area contributed by atoms with Gasteiger partial charge in [0, 0.05) is 43.1 Å². The van der Waals surface area contributed by atoms with Crippen molar-refractivity contribution in [2.45, 2.75) is 76.3 Å². The number of aliphatic hydroxyl groups excluding tert-OH is 2. The predicted molar refractivity (Wildman–Crippen MR) is 165 cm³/mol. The van der Waals surface area contributed by atoms with Crippen molar-refractivity contribution >= 4 is 17.5 Å². The molecule has 1 heterocycles. The zero-order valence-corrected chi connectivity index (χ0v) is 25.3. The van der Waals surface area contributed by atoms with Crippen LogP contribution in [-0.4, -0.2) is 57.9 Å². The number of anilines is 1. The fourth-order valence-electron chi connectivity index (χ4n) is 5.26. The highest BCUT2D eigenvalue weighted by Gasteiger charge is 2.34. The second-order valence-corrected chi connectivity index (χ2v) is 11.3. The number of benzene rings is 3. The first-order valence-electron chi connectivity index (χ1n) is 15.0. The number of carbonyl (C=O) groups excluding carboxylic acids is 2. The van der Waals surface area contributed by atoms with Gasteiger partial charge in [-0.15, -0.1) is 0 Å². The minimum Gasteiger partial charge on any atom is -0.392 e. The summed E-state index contributed by atoms with van der Waals surface area (Å²) >= 11 is 0. The summed E-state index contributed by atoms with van der Waals surface area (Å²) < 4.78 is 12.9.